The summed E-state index contributed by atoms with van der Waals surface area (Å²) in [7, 11) is 4.35. The van der Waals surface area contributed by atoms with Gasteiger partial charge in [0.15, 0.2) is 11.5 Å². The van der Waals surface area contributed by atoms with E-state index >= 15 is 0 Å². The summed E-state index contributed by atoms with van der Waals surface area (Å²) in [5, 5.41) is 0.491. The molecular formula is C18H18ClF2NO4. The summed E-state index contributed by atoms with van der Waals surface area (Å²) in [5.74, 6) is -0.213. The van der Waals surface area contributed by atoms with Gasteiger partial charge in [-0.2, -0.15) is 8.78 Å². The van der Waals surface area contributed by atoms with Crippen LogP contribution < -0.4 is 14.2 Å². The number of para-hydroxylation sites is 1. The van der Waals surface area contributed by atoms with Crippen molar-refractivity contribution in [3.63, 3.8) is 0 Å². The minimum absolute atomic E-state index is 0.0341. The number of hydrogen-bond acceptors (Lipinski definition) is 4. The van der Waals surface area contributed by atoms with E-state index in [2.05, 4.69) is 4.74 Å². The van der Waals surface area contributed by atoms with E-state index in [4.69, 9.17) is 21.1 Å². The lowest BCUT2D eigenvalue weighted by Crippen LogP contribution is -2.27. The fraction of sp³-hybridized carbons (Fsp3) is 0.278. The fourth-order valence-corrected chi connectivity index (χ4v) is 2.65. The molecule has 0 aliphatic carbocycles. The van der Waals surface area contributed by atoms with E-state index in [-0.39, 0.29) is 23.6 Å². The molecule has 0 saturated carbocycles. The quantitative estimate of drug-likeness (QED) is 0.715. The van der Waals surface area contributed by atoms with Crippen molar-refractivity contribution in [2.75, 3.05) is 21.3 Å². The van der Waals surface area contributed by atoms with Crippen molar-refractivity contribution in [2.24, 2.45) is 0 Å². The maximum Gasteiger partial charge on any atom is 0.387 e. The Morgan fingerprint density at radius 1 is 1.15 bits per heavy atom. The van der Waals surface area contributed by atoms with Gasteiger partial charge in [-0.1, -0.05) is 17.7 Å². The van der Waals surface area contributed by atoms with Gasteiger partial charge in [0.1, 0.15) is 5.75 Å². The highest BCUT2D eigenvalue weighted by atomic mass is 35.5. The minimum atomic E-state index is -3.09. The molecule has 26 heavy (non-hydrogen) atoms. The van der Waals surface area contributed by atoms with Crippen molar-refractivity contribution in [3.8, 4) is 17.2 Å². The van der Waals surface area contributed by atoms with Crippen molar-refractivity contribution >= 4 is 17.5 Å². The molecule has 0 bridgehead atoms. The molecule has 0 unspecified atom stereocenters. The van der Waals surface area contributed by atoms with Crippen LogP contribution in [0.15, 0.2) is 36.4 Å². The number of methoxy groups -OCH3 is 2. The largest absolute Gasteiger partial charge is 0.496 e. The summed E-state index contributed by atoms with van der Waals surface area (Å²) in [6, 6.07) is 9.39. The monoisotopic (exact) mass is 385 g/mol. The number of carbonyl (C=O) groups excluding carboxylic acids is 1. The number of halogens is 3. The van der Waals surface area contributed by atoms with Crippen LogP contribution in [0.2, 0.25) is 5.02 Å². The van der Waals surface area contributed by atoms with Gasteiger partial charge >= 0.3 is 6.61 Å². The zero-order valence-electron chi connectivity index (χ0n) is 14.5. The van der Waals surface area contributed by atoms with E-state index in [0.717, 1.165) is 0 Å². The number of ether oxygens (including phenoxy) is 3. The van der Waals surface area contributed by atoms with Crippen molar-refractivity contribution in [1.29, 1.82) is 0 Å². The lowest BCUT2D eigenvalue weighted by Gasteiger charge is -2.21. The van der Waals surface area contributed by atoms with Crippen LogP contribution in [0.25, 0.3) is 0 Å². The highest BCUT2D eigenvalue weighted by Gasteiger charge is 2.23. The van der Waals surface area contributed by atoms with Gasteiger partial charge in [0.05, 0.1) is 19.8 Å². The standard InChI is InChI=1S/C18H18ClF2NO4/c1-22(10-11-9-12(19)7-8-14(11)24-2)17(23)13-5-4-6-15(25-3)16(13)26-18(20)21/h4-9,18H,10H2,1-3H3. The van der Waals surface area contributed by atoms with Crippen molar-refractivity contribution < 1.29 is 27.8 Å². The zero-order valence-corrected chi connectivity index (χ0v) is 15.2. The molecule has 2 aromatic rings. The SMILES string of the molecule is COc1ccc(Cl)cc1CN(C)C(=O)c1cccc(OC)c1OC(F)F. The summed E-state index contributed by atoms with van der Waals surface area (Å²) >= 11 is 6.00. The first kappa shape index (κ1) is 19.8. The van der Waals surface area contributed by atoms with Crippen molar-refractivity contribution in [2.45, 2.75) is 13.2 Å². The first-order valence-electron chi connectivity index (χ1n) is 7.57. The number of alkyl halides is 2. The van der Waals surface area contributed by atoms with Crippen LogP contribution in [0.4, 0.5) is 8.78 Å². The Balaban J connectivity index is 2.33. The molecule has 0 aliphatic heterocycles. The van der Waals surface area contributed by atoms with Crippen LogP contribution in [0.1, 0.15) is 15.9 Å². The molecule has 0 radical (unpaired) electrons. The van der Waals surface area contributed by atoms with E-state index in [1.807, 2.05) is 0 Å². The molecule has 0 aliphatic rings. The Bertz CT molecular complexity index is 786. The second-order valence-corrected chi connectivity index (χ2v) is 5.77. The van der Waals surface area contributed by atoms with Gasteiger partial charge in [-0.25, -0.2) is 0 Å². The predicted octanol–water partition coefficient (Wildman–Crippen LogP) is 4.23. The predicted molar refractivity (Wildman–Crippen MR) is 93.4 cm³/mol. The van der Waals surface area contributed by atoms with Gasteiger partial charge in [0.2, 0.25) is 0 Å². The van der Waals surface area contributed by atoms with Crippen LogP contribution >= 0.6 is 11.6 Å². The Labute approximate surface area is 155 Å². The molecular weight excluding hydrogens is 368 g/mol. The Morgan fingerprint density at radius 3 is 2.46 bits per heavy atom. The smallest absolute Gasteiger partial charge is 0.387 e. The molecule has 0 spiro atoms. The Kier molecular flexibility index (Phi) is 6.63. The van der Waals surface area contributed by atoms with Crippen LogP contribution in [0, 0.1) is 0 Å². The summed E-state index contributed by atoms with van der Waals surface area (Å²) in [6.07, 6.45) is 0. The van der Waals surface area contributed by atoms with E-state index in [1.165, 1.54) is 44.4 Å². The molecule has 0 N–H and O–H groups in total. The number of benzene rings is 2. The molecule has 0 atom stereocenters. The van der Waals surface area contributed by atoms with E-state index in [1.54, 1.807) is 18.2 Å². The third-order valence-electron chi connectivity index (χ3n) is 3.63. The number of nitrogens with zero attached hydrogens (tertiary/aromatic N) is 1. The Morgan fingerprint density at radius 2 is 1.85 bits per heavy atom. The van der Waals surface area contributed by atoms with E-state index in [9.17, 15) is 13.6 Å². The number of rotatable bonds is 7. The molecule has 0 heterocycles. The van der Waals surface area contributed by atoms with E-state index in [0.29, 0.717) is 16.3 Å². The van der Waals surface area contributed by atoms with Gasteiger partial charge < -0.3 is 19.1 Å². The molecule has 2 rings (SSSR count). The van der Waals surface area contributed by atoms with Crippen LogP contribution in [0.5, 0.6) is 17.2 Å². The van der Waals surface area contributed by atoms with E-state index < -0.39 is 12.5 Å². The topological polar surface area (TPSA) is 48.0 Å². The molecule has 5 nitrogen and oxygen atoms in total. The first-order chi connectivity index (χ1) is 12.4. The zero-order chi connectivity index (χ0) is 19.3. The minimum Gasteiger partial charge on any atom is -0.496 e. The lowest BCUT2D eigenvalue weighted by atomic mass is 10.1. The highest BCUT2D eigenvalue weighted by molar-refractivity contribution is 6.30. The lowest BCUT2D eigenvalue weighted by molar-refractivity contribution is -0.0516. The first-order valence-corrected chi connectivity index (χ1v) is 7.94. The van der Waals surface area contributed by atoms with Gasteiger partial charge in [-0.3, -0.25) is 4.79 Å². The van der Waals surface area contributed by atoms with Crippen LogP contribution in [-0.4, -0.2) is 38.7 Å². The van der Waals surface area contributed by atoms with Gasteiger partial charge in [0, 0.05) is 24.2 Å². The van der Waals surface area contributed by atoms with Gasteiger partial charge in [-0.05, 0) is 30.3 Å². The molecule has 1 amide bonds. The maximum atomic E-state index is 12.8. The summed E-state index contributed by atoms with van der Waals surface area (Å²) < 4.78 is 40.3. The number of amides is 1. The average molecular weight is 386 g/mol. The van der Waals surface area contributed by atoms with Crippen molar-refractivity contribution in [1.82, 2.24) is 4.90 Å². The van der Waals surface area contributed by atoms with Gasteiger partial charge in [0.25, 0.3) is 5.91 Å². The normalized spacial score (nSPS) is 10.6. The average Bonchev–Trinajstić information content (AvgIpc) is 2.61. The second-order valence-electron chi connectivity index (χ2n) is 5.33. The van der Waals surface area contributed by atoms with Crippen LogP contribution in [-0.2, 0) is 6.54 Å². The third-order valence-corrected chi connectivity index (χ3v) is 3.87. The van der Waals surface area contributed by atoms with Gasteiger partial charge in [-0.15, -0.1) is 0 Å². The Hall–Kier alpha value is -2.54. The summed E-state index contributed by atoms with van der Waals surface area (Å²) in [4.78, 5) is 14.1. The van der Waals surface area contributed by atoms with Crippen molar-refractivity contribution in [3.05, 3.63) is 52.5 Å². The summed E-state index contributed by atoms with van der Waals surface area (Å²) in [5.41, 5.74) is 0.642. The molecule has 0 fully saturated rings. The molecule has 2 aromatic carbocycles. The molecule has 0 saturated heterocycles. The third kappa shape index (κ3) is 4.54. The molecule has 8 heteroatoms. The maximum absolute atomic E-state index is 12.8. The highest BCUT2D eigenvalue weighted by Crippen LogP contribution is 2.33. The summed E-state index contributed by atoms with van der Waals surface area (Å²) in [6.45, 7) is -2.93. The van der Waals surface area contributed by atoms with Crippen LogP contribution in [0.3, 0.4) is 0 Å². The number of carbonyl (C=O) groups is 1. The number of hydrogen-bond donors (Lipinski definition) is 0. The fourth-order valence-electron chi connectivity index (χ4n) is 2.46. The molecule has 0 aromatic heterocycles. The second kappa shape index (κ2) is 8.71. The molecule has 140 valence electrons.